The number of hydrogen-bond donors (Lipinski definition) is 1. The maximum absolute atomic E-state index is 12.3. The molecule has 5 nitrogen and oxygen atoms in total. The highest BCUT2D eigenvalue weighted by molar-refractivity contribution is 5.76. The van der Waals surface area contributed by atoms with E-state index >= 15 is 0 Å². The van der Waals surface area contributed by atoms with E-state index in [1.54, 1.807) is 14.2 Å². The molecule has 0 saturated heterocycles. The molecule has 0 bridgehead atoms. The molecule has 1 aromatic rings. The van der Waals surface area contributed by atoms with Gasteiger partial charge >= 0.3 is 0 Å². The highest BCUT2D eigenvalue weighted by atomic mass is 16.5. The second kappa shape index (κ2) is 7.49. The molecule has 0 radical (unpaired) electrons. The molecule has 2 rings (SSSR count). The van der Waals surface area contributed by atoms with Crippen LogP contribution in [0.4, 0.5) is 0 Å². The number of methoxy groups -OCH3 is 2. The fourth-order valence-corrected chi connectivity index (χ4v) is 2.72. The Balaban J connectivity index is 2.03. The zero-order valence-electron chi connectivity index (χ0n) is 13.9. The third-order valence-electron chi connectivity index (χ3n) is 3.96. The van der Waals surface area contributed by atoms with Crippen LogP contribution in [0.2, 0.25) is 0 Å². The summed E-state index contributed by atoms with van der Waals surface area (Å²) in [4.78, 5) is 14.2. The zero-order valence-corrected chi connectivity index (χ0v) is 13.9. The van der Waals surface area contributed by atoms with E-state index in [2.05, 4.69) is 19.2 Å². The maximum Gasteiger partial charge on any atom is 0.224 e. The van der Waals surface area contributed by atoms with Crippen LogP contribution < -0.4 is 14.8 Å². The van der Waals surface area contributed by atoms with Gasteiger partial charge in [-0.25, -0.2) is 0 Å². The summed E-state index contributed by atoms with van der Waals surface area (Å²) in [6, 6.07) is 4.42. The lowest BCUT2D eigenvalue weighted by molar-refractivity contribution is -0.132. The summed E-state index contributed by atoms with van der Waals surface area (Å²) < 4.78 is 10.7. The molecule has 1 amide bonds. The normalized spacial score (nSPS) is 14.0. The quantitative estimate of drug-likeness (QED) is 0.873. The van der Waals surface area contributed by atoms with Gasteiger partial charge < -0.3 is 19.7 Å². The van der Waals surface area contributed by atoms with Gasteiger partial charge in [-0.3, -0.25) is 4.79 Å². The van der Waals surface area contributed by atoms with Gasteiger partial charge in [-0.05, 0) is 29.7 Å². The van der Waals surface area contributed by atoms with Crippen molar-refractivity contribution in [2.24, 2.45) is 0 Å². The van der Waals surface area contributed by atoms with E-state index in [9.17, 15) is 4.79 Å². The number of fused-ring (bicyclic) bond motifs is 1. The second-order valence-corrected chi connectivity index (χ2v) is 5.90. The van der Waals surface area contributed by atoms with Crippen LogP contribution in [0.5, 0.6) is 11.5 Å². The summed E-state index contributed by atoms with van der Waals surface area (Å²) >= 11 is 0. The molecule has 22 heavy (non-hydrogen) atoms. The first kappa shape index (κ1) is 16.6. The first-order chi connectivity index (χ1) is 10.5. The third-order valence-corrected chi connectivity index (χ3v) is 3.96. The molecule has 1 heterocycles. The van der Waals surface area contributed by atoms with Gasteiger partial charge in [0.2, 0.25) is 5.91 Å². The van der Waals surface area contributed by atoms with Crippen molar-refractivity contribution in [3.8, 4) is 11.5 Å². The van der Waals surface area contributed by atoms with Crippen LogP contribution in [0.25, 0.3) is 0 Å². The molecule has 0 saturated carbocycles. The number of amides is 1. The van der Waals surface area contributed by atoms with E-state index in [-0.39, 0.29) is 5.91 Å². The summed E-state index contributed by atoms with van der Waals surface area (Å²) in [6.07, 6.45) is 1.40. The van der Waals surface area contributed by atoms with E-state index in [1.807, 2.05) is 17.0 Å². The number of rotatable bonds is 6. The first-order valence-corrected chi connectivity index (χ1v) is 7.80. The minimum Gasteiger partial charge on any atom is -0.493 e. The van der Waals surface area contributed by atoms with Gasteiger partial charge in [0.25, 0.3) is 0 Å². The third kappa shape index (κ3) is 3.91. The molecule has 1 aliphatic rings. The number of ether oxygens (including phenoxy) is 2. The first-order valence-electron chi connectivity index (χ1n) is 7.80. The van der Waals surface area contributed by atoms with E-state index in [0.717, 1.165) is 36.6 Å². The van der Waals surface area contributed by atoms with Gasteiger partial charge in [-0.2, -0.15) is 0 Å². The summed E-state index contributed by atoms with van der Waals surface area (Å²) in [5, 5.41) is 3.28. The fraction of sp³-hybridized carbons (Fsp3) is 0.588. The number of carbonyl (C=O) groups excluding carboxylic acids is 1. The Morgan fingerprint density at radius 2 is 1.86 bits per heavy atom. The van der Waals surface area contributed by atoms with Crippen molar-refractivity contribution < 1.29 is 14.3 Å². The van der Waals surface area contributed by atoms with Gasteiger partial charge in [0.1, 0.15) is 0 Å². The largest absolute Gasteiger partial charge is 0.493 e. The summed E-state index contributed by atoms with van der Waals surface area (Å²) in [5.41, 5.74) is 2.39. The Hall–Kier alpha value is -1.75. The Morgan fingerprint density at radius 3 is 2.45 bits per heavy atom. The van der Waals surface area contributed by atoms with Crippen LogP contribution in [0.15, 0.2) is 12.1 Å². The van der Waals surface area contributed by atoms with Crippen LogP contribution in [-0.4, -0.2) is 44.2 Å². The molecule has 0 atom stereocenters. The van der Waals surface area contributed by atoms with Crippen molar-refractivity contribution in [1.29, 1.82) is 0 Å². The van der Waals surface area contributed by atoms with Crippen molar-refractivity contribution in [2.75, 3.05) is 27.3 Å². The number of nitrogens with one attached hydrogen (secondary N) is 1. The molecule has 1 N–H and O–H groups in total. The monoisotopic (exact) mass is 306 g/mol. The topological polar surface area (TPSA) is 50.8 Å². The second-order valence-electron chi connectivity index (χ2n) is 5.90. The van der Waals surface area contributed by atoms with Crippen molar-refractivity contribution >= 4 is 5.91 Å². The summed E-state index contributed by atoms with van der Waals surface area (Å²) in [6.45, 7) is 6.31. The molecule has 0 fully saturated rings. The predicted molar refractivity (Wildman–Crippen MR) is 86.4 cm³/mol. The number of carbonyl (C=O) groups is 1. The highest BCUT2D eigenvalue weighted by Crippen LogP contribution is 2.33. The van der Waals surface area contributed by atoms with Crippen LogP contribution in [-0.2, 0) is 17.8 Å². The molecule has 1 aliphatic heterocycles. The van der Waals surface area contributed by atoms with Gasteiger partial charge in [-0.1, -0.05) is 13.8 Å². The minimum atomic E-state index is 0.202. The van der Waals surface area contributed by atoms with E-state index in [4.69, 9.17) is 9.47 Å². The molecule has 0 aromatic heterocycles. The fourth-order valence-electron chi connectivity index (χ4n) is 2.72. The lowest BCUT2D eigenvalue weighted by Gasteiger charge is -2.30. The van der Waals surface area contributed by atoms with Gasteiger partial charge in [0.15, 0.2) is 11.5 Å². The predicted octanol–water partition coefficient (Wildman–Crippen LogP) is 1.98. The molecule has 5 heteroatoms. The summed E-state index contributed by atoms with van der Waals surface area (Å²) in [5.74, 6) is 1.67. The van der Waals surface area contributed by atoms with Gasteiger partial charge in [-0.15, -0.1) is 0 Å². The number of hydrogen-bond acceptors (Lipinski definition) is 4. The average Bonchev–Trinajstić information content (AvgIpc) is 2.52. The molecule has 1 aromatic carbocycles. The highest BCUT2D eigenvalue weighted by Gasteiger charge is 2.22. The van der Waals surface area contributed by atoms with Gasteiger partial charge in [0, 0.05) is 32.1 Å². The SMILES string of the molecule is COc1cc2c(cc1OC)CN(C(=O)CCNC(C)C)CC2. The van der Waals surface area contributed by atoms with E-state index in [1.165, 1.54) is 5.56 Å². The molecule has 122 valence electrons. The smallest absolute Gasteiger partial charge is 0.224 e. The van der Waals surface area contributed by atoms with Crippen molar-refractivity contribution in [3.05, 3.63) is 23.3 Å². The summed E-state index contributed by atoms with van der Waals surface area (Å²) in [7, 11) is 3.28. The van der Waals surface area contributed by atoms with Gasteiger partial charge in [0.05, 0.1) is 14.2 Å². The van der Waals surface area contributed by atoms with Crippen LogP contribution in [0.1, 0.15) is 31.4 Å². The average molecular weight is 306 g/mol. The Bertz CT molecular complexity index is 529. The van der Waals surface area contributed by atoms with Crippen LogP contribution in [0, 0.1) is 0 Å². The van der Waals surface area contributed by atoms with Crippen molar-refractivity contribution in [2.45, 2.75) is 39.3 Å². The number of benzene rings is 1. The molecular formula is C17H26N2O3. The molecule has 0 aliphatic carbocycles. The Kier molecular flexibility index (Phi) is 5.66. The zero-order chi connectivity index (χ0) is 16.1. The van der Waals surface area contributed by atoms with E-state index < -0.39 is 0 Å². The molecule has 0 unspecified atom stereocenters. The van der Waals surface area contributed by atoms with Crippen molar-refractivity contribution in [1.82, 2.24) is 10.2 Å². The standard InChI is InChI=1S/C17H26N2O3/c1-12(2)18-7-5-17(20)19-8-6-13-9-15(21-3)16(22-4)10-14(13)11-19/h9-10,12,18H,5-8,11H2,1-4H3. The minimum absolute atomic E-state index is 0.202. The molecular weight excluding hydrogens is 280 g/mol. The van der Waals surface area contributed by atoms with Crippen LogP contribution >= 0.6 is 0 Å². The Labute approximate surface area is 132 Å². The van der Waals surface area contributed by atoms with Crippen molar-refractivity contribution in [3.63, 3.8) is 0 Å². The molecule has 0 spiro atoms. The number of nitrogens with zero attached hydrogens (tertiary/aromatic N) is 1. The Morgan fingerprint density at radius 1 is 1.23 bits per heavy atom. The lowest BCUT2D eigenvalue weighted by atomic mass is 9.98. The lowest BCUT2D eigenvalue weighted by Crippen LogP contribution is -2.38. The maximum atomic E-state index is 12.3. The van der Waals surface area contributed by atoms with Crippen LogP contribution in [0.3, 0.4) is 0 Å². The van der Waals surface area contributed by atoms with E-state index in [0.29, 0.717) is 19.0 Å².